The number of carbonyl (C=O) groups is 3. The largest absolute Gasteiger partial charge is 0.461 e. The molecule has 1 saturated heterocycles. The van der Waals surface area contributed by atoms with Crippen LogP contribution in [-0.4, -0.2) is 57.5 Å². The summed E-state index contributed by atoms with van der Waals surface area (Å²) in [5.41, 5.74) is 0.502. The summed E-state index contributed by atoms with van der Waals surface area (Å²) in [5, 5.41) is 9.98. The molecular weight excluding hydrogens is 266 g/mol. The predicted molar refractivity (Wildman–Crippen MR) is 65.8 cm³/mol. The zero-order valence-corrected chi connectivity index (χ0v) is 11.3. The van der Waals surface area contributed by atoms with Gasteiger partial charge in [0.05, 0.1) is 12.3 Å². The van der Waals surface area contributed by atoms with Crippen molar-refractivity contribution in [2.24, 2.45) is 0 Å². The predicted octanol–water partition coefficient (Wildman–Crippen LogP) is -0.685. The summed E-state index contributed by atoms with van der Waals surface area (Å²) in [6, 6.07) is -0.418. The first-order chi connectivity index (χ1) is 9.54. The molecule has 2 rings (SSSR count). The molecular formula is C11H15N5O4. The lowest BCUT2D eigenvalue weighted by atomic mass is 10.3. The molecule has 1 aromatic rings. The van der Waals surface area contributed by atoms with Crippen LogP contribution in [0.2, 0.25) is 0 Å². The maximum absolute atomic E-state index is 11.9. The van der Waals surface area contributed by atoms with E-state index >= 15 is 0 Å². The van der Waals surface area contributed by atoms with Crippen molar-refractivity contribution in [2.75, 3.05) is 19.7 Å². The van der Waals surface area contributed by atoms with Crippen molar-refractivity contribution in [3.8, 4) is 0 Å². The molecule has 0 aromatic carbocycles. The molecule has 20 heavy (non-hydrogen) atoms. The Morgan fingerprint density at radius 3 is 2.80 bits per heavy atom. The number of urea groups is 1. The van der Waals surface area contributed by atoms with Gasteiger partial charge in [0.15, 0.2) is 5.69 Å². The molecule has 1 fully saturated rings. The van der Waals surface area contributed by atoms with Crippen LogP contribution in [0.3, 0.4) is 0 Å². The van der Waals surface area contributed by atoms with Crippen molar-refractivity contribution in [3.63, 3.8) is 0 Å². The highest BCUT2D eigenvalue weighted by Crippen LogP contribution is 2.07. The van der Waals surface area contributed by atoms with Crippen LogP contribution in [0.5, 0.6) is 0 Å². The first-order valence-corrected chi connectivity index (χ1v) is 6.20. The van der Waals surface area contributed by atoms with Crippen molar-refractivity contribution < 1.29 is 19.1 Å². The molecule has 3 amide bonds. The second-order valence-corrected chi connectivity index (χ2v) is 4.18. The third kappa shape index (κ3) is 2.60. The Balaban J connectivity index is 2.08. The Bertz CT molecular complexity index is 553. The minimum atomic E-state index is -0.581. The van der Waals surface area contributed by atoms with Crippen molar-refractivity contribution in [2.45, 2.75) is 20.4 Å². The van der Waals surface area contributed by atoms with Gasteiger partial charge in [-0.05, 0) is 13.8 Å². The van der Waals surface area contributed by atoms with Gasteiger partial charge in [-0.3, -0.25) is 9.69 Å². The van der Waals surface area contributed by atoms with Gasteiger partial charge in [-0.1, -0.05) is 5.21 Å². The topological polar surface area (TPSA) is 106 Å². The van der Waals surface area contributed by atoms with E-state index in [2.05, 4.69) is 15.6 Å². The first-order valence-electron chi connectivity index (χ1n) is 6.20. The molecule has 1 aromatic heterocycles. The second-order valence-electron chi connectivity index (χ2n) is 4.18. The number of nitrogens with zero attached hydrogens (tertiary/aromatic N) is 4. The Morgan fingerprint density at radius 1 is 1.45 bits per heavy atom. The summed E-state index contributed by atoms with van der Waals surface area (Å²) >= 11 is 0. The number of rotatable bonds is 4. The number of ether oxygens (including phenoxy) is 1. The summed E-state index contributed by atoms with van der Waals surface area (Å²) in [6.45, 7) is 4.16. The van der Waals surface area contributed by atoms with E-state index in [1.165, 1.54) is 4.68 Å². The van der Waals surface area contributed by atoms with Crippen LogP contribution in [0.4, 0.5) is 4.79 Å². The molecule has 1 aliphatic rings. The minimum Gasteiger partial charge on any atom is -0.461 e. The van der Waals surface area contributed by atoms with Crippen LogP contribution >= 0.6 is 0 Å². The highest BCUT2D eigenvalue weighted by atomic mass is 16.5. The highest BCUT2D eigenvalue weighted by molar-refractivity contribution is 5.95. The maximum atomic E-state index is 11.9. The summed E-state index contributed by atoms with van der Waals surface area (Å²) in [6.07, 6.45) is 0. The minimum absolute atomic E-state index is 0.0746. The summed E-state index contributed by atoms with van der Waals surface area (Å²) in [5.74, 6) is -0.981. The van der Waals surface area contributed by atoms with E-state index in [1.54, 1.807) is 13.8 Å². The van der Waals surface area contributed by atoms with Crippen LogP contribution in [0, 0.1) is 6.92 Å². The third-order valence-electron chi connectivity index (χ3n) is 2.89. The molecule has 2 heterocycles. The molecule has 1 aliphatic heterocycles. The van der Waals surface area contributed by atoms with E-state index in [0.717, 1.165) is 4.90 Å². The van der Waals surface area contributed by atoms with E-state index in [0.29, 0.717) is 18.8 Å². The average molecular weight is 281 g/mol. The van der Waals surface area contributed by atoms with Crippen molar-refractivity contribution in [1.29, 1.82) is 0 Å². The molecule has 0 aliphatic carbocycles. The molecule has 0 unspecified atom stereocenters. The number of aromatic nitrogens is 3. The normalized spacial score (nSPS) is 14.3. The van der Waals surface area contributed by atoms with Crippen LogP contribution < -0.4 is 5.32 Å². The van der Waals surface area contributed by atoms with E-state index in [4.69, 9.17) is 4.74 Å². The lowest BCUT2D eigenvalue weighted by Gasteiger charge is -2.12. The van der Waals surface area contributed by atoms with Crippen LogP contribution in [0.25, 0.3) is 0 Å². The Hall–Kier alpha value is -2.45. The van der Waals surface area contributed by atoms with Gasteiger partial charge in [-0.25, -0.2) is 14.3 Å². The lowest BCUT2D eigenvalue weighted by molar-refractivity contribution is -0.128. The fourth-order valence-corrected chi connectivity index (χ4v) is 1.82. The standard InChI is InChI=1S/C11H15N5O4/c1-3-20-10(18)9-7(2)16(14-13-9)6-8(17)15-5-4-12-11(15)19/h3-6H2,1-2H3,(H,12,19). The third-order valence-corrected chi connectivity index (χ3v) is 2.89. The SMILES string of the molecule is CCOC(=O)c1nnn(CC(=O)N2CCNC2=O)c1C. The number of hydrogen-bond acceptors (Lipinski definition) is 6. The zero-order chi connectivity index (χ0) is 14.7. The molecule has 0 spiro atoms. The number of imide groups is 1. The van der Waals surface area contributed by atoms with Crippen molar-refractivity contribution in [3.05, 3.63) is 11.4 Å². The molecule has 9 nitrogen and oxygen atoms in total. The summed E-state index contributed by atoms with van der Waals surface area (Å²) < 4.78 is 6.11. The van der Waals surface area contributed by atoms with Gasteiger partial charge >= 0.3 is 12.0 Å². The van der Waals surface area contributed by atoms with Gasteiger partial charge in [-0.2, -0.15) is 0 Å². The van der Waals surface area contributed by atoms with Gasteiger partial charge in [0.25, 0.3) is 5.91 Å². The Labute approximate surface area is 114 Å². The lowest BCUT2D eigenvalue weighted by Crippen LogP contribution is -2.37. The van der Waals surface area contributed by atoms with E-state index in [-0.39, 0.29) is 18.8 Å². The number of amides is 3. The molecule has 108 valence electrons. The van der Waals surface area contributed by atoms with Crippen LogP contribution in [0.15, 0.2) is 0 Å². The average Bonchev–Trinajstić information content (AvgIpc) is 2.97. The van der Waals surface area contributed by atoms with Crippen LogP contribution in [0.1, 0.15) is 23.1 Å². The fraction of sp³-hybridized carbons (Fsp3) is 0.545. The van der Waals surface area contributed by atoms with Gasteiger partial charge in [0.1, 0.15) is 6.54 Å². The smallest absolute Gasteiger partial charge is 0.360 e. The number of nitrogens with one attached hydrogen (secondary N) is 1. The molecule has 0 saturated carbocycles. The first kappa shape index (κ1) is 14.0. The van der Waals surface area contributed by atoms with E-state index < -0.39 is 17.9 Å². The Morgan fingerprint density at radius 2 is 2.20 bits per heavy atom. The molecule has 0 radical (unpaired) electrons. The summed E-state index contributed by atoms with van der Waals surface area (Å²) in [4.78, 5) is 36.0. The van der Waals surface area contributed by atoms with E-state index in [9.17, 15) is 14.4 Å². The number of carbonyl (C=O) groups excluding carboxylic acids is 3. The van der Waals surface area contributed by atoms with E-state index in [1.807, 2.05) is 0 Å². The molecule has 9 heteroatoms. The summed E-state index contributed by atoms with van der Waals surface area (Å²) in [7, 11) is 0. The quantitative estimate of drug-likeness (QED) is 0.732. The zero-order valence-electron chi connectivity index (χ0n) is 11.3. The molecule has 1 N–H and O–H groups in total. The monoisotopic (exact) mass is 281 g/mol. The number of esters is 1. The van der Waals surface area contributed by atoms with Crippen molar-refractivity contribution in [1.82, 2.24) is 25.2 Å². The maximum Gasteiger partial charge on any atom is 0.360 e. The van der Waals surface area contributed by atoms with Gasteiger partial charge in [0, 0.05) is 13.1 Å². The number of hydrogen-bond donors (Lipinski definition) is 1. The van der Waals surface area contributed by atoms with Gasteiger partial charge < -0.3 is 10.1 Å². The Kier molecular flexibility index (Phi) is 3.97. The molecule has 0 atom stereocenters. The highest BCUT2D eigenvalue weighted by Gasteiger charge is 2.27. The van der Waals surface area contributed by atoms with Gasteiger partial charge in [0.2, 0.25) is 0 Å². The second kappa shape index (κ2) is 5.68. The molecule has 0 bridgehead atoms. The van der Waals surface area contributed by atoms with Gasteiger partial charge in [-0.15, -0.1) is 5.10 Å². The van der Waals surface area contributed by atoms with Crippen molar-refractivity contribution >= 4 is 17.9 Å². The van der Waals surface area contributed by atoms with Crippen LogP contribution in [-0.2, 0) is 16.1 Å². The fourth-order valence-electron chi connectivity index (χ4n) is 1.82.